The Morgan fingerprint density at radius 3 is 2.83 bits per heavy atom. The number of aromatic nitrogens is 4. The molecule has 0 spiro atoms. The number of hydrogen-bond acceptors (Lipinski definition) is 9. The van der Waals surface area contributed by atoms with E-state index in [1.807, 2.05) is 39.0 Å². The predicted octanol–water partition coefficient (Wildman–Crippen LogP) is 3.48. The third-order valence-corrected chi connectivity index (χ3v) is 6.19. The number of aromatic hydroxyl groups is 1. The summed E-state index contributed by atoms with van der Waals surface area (Å²) in [6.07, 6.45) is 0.934. The monoisotopic (exact) mass is 433 g/mol. The minimum Gasteiger partial charge on any atom is -0.492 e. The first-order valence-corrected chi connectivity index (χ1v) is 11.2. The summed E-state index contributed by atoms with van der Waals surface area (Å²) in [6.45, 7) is 6.63. The molecule has 0 radical (unpaired) electrons. The van der Waals surface area contributed by atoms with Crippen LogP contribution in [0.25, 0.3) is 11.2 Å². The fourth-order valence-electron chi connectivity index (χ4n) is 3.30. The van der Waals surface area contributed by atoms with E-state index in [1.165, 1.54) is 6.33 Å². The first kappa shape index (κ1) is 20.6. The molecule has 1 aliphatic heterocycles. The Balaban J connectivity index is 1.44. The second kappa shape index (κ2) is 7.54. The minimum atomic E-state index is -3.50. The first-order chi connectivity index (χ1) is 14.2. The zero-order chi connectivity index (χ0) is 21.5. The second-order valence-electron chi connectivity index (χ2n) is 8.14. The van der Waals surface area contributed by atoms with Crippen LogP contribution in [0.4, 0.5) is 5.95 Å². The highest BCUT2D eigenvalue weighted by Crippen LogP contribution is 2.61. The van der Waals surface area contributed by atoms with E-state index in [9.17, 15) is 9.67 Å². The maximum Gasteiger partial charge on any atom is 0.405 e. The average molecular weight is 433 g/mol. The molecule has 0 saturated carbocycles. The Morgan fingerprint density at radius 2 is 2.07 bits per heavy atom. The van der Waals surface area contributed by atoms with Crippen LogP contribution in [0.1, 0.15) is 32.4 Å². The van der Waals surface area contributed by atoms with Gasteiger partial charge in [-0.2, -0.15) is 9.97 Å². The Labute approximate surface area is 173 Å². The standard InChI is InChI=1S/C19H24N5O5P/c1-19(2,3)15-12-6-4-5-7-13(12)28-30(26,29-15)11-27-9-8-24-10-21-14-16(24)22-18(20)23-17(14)25/h4-7,10,15H,8-9,11H2,1-3H3,(H3,20,22,23,25). The maximum absolute atomic E-state index is 13.3. The fourth-order valence-corrected chi connectivity index (χ4v) is 5.03. The van der Waals surface area contributed by atoms with Crippen molar-refractivity contribution in [1.82, 2.24) is 19.5 Å². The third-order valence-electron chi connectivity index (χ3n) is 4.68. The van der Waals surface area contributed by atoms with E-state index < -0.39 is 7.60 Å². The molecule has 3 aromatic rings. The van der Waals surface area contributed by atoms with Crippen LogP contribution >= 0.6 is 7.60 Å². The zero-order valence-electron chi connectivity index (χ0n) is 17.0. The molecule has 2 aromatic heterocycles. The van der Waals surface area contributed by atoms with Crippen LogP contribution in [-0.2, 0) is 20.4 Å². The van der Waals surface area contributed by atoms with Gasteiger partial charge in [0.15, 0.2) is 17.5 Å². The number of imidazole rings is 1. The van der Waals surface area contributed by atoms with E-state index in [-0.39, 0.29) is 41.8 Å². The summed E-state index contributed by atoms with van der Waals surface area (Å²) in [5.41, 5.74) is 6.83. The van der Waals surface area contributed by atoms with Gasteiger partial charge in [0.1, 0.15) is 11.9 Å². The zero-order valence-corrected chi connectivity index (χ0v) is 17.9. The van der Waals surface area contributed by atoms with Crippen LogP contribution < -0.4 is 10.3 Å². The molecule has 3 heterocycles. The SMILES string of the molecule is CC(C)(C)C1OP(=O)(COCCn2cnc3c(O)nc(N)nc32)Oc2ccccc21. The lowest BCUT2D eigenvalue weighted by Crippen LogP contribution is -2.26. The number of anilines is 1. The molecule has 2 atom stereocenters. The van der Waals surface area contributed by atoms with Crippen molar-refractivity contribution in [3.8, 4) is 11.6 Å². The summed E-state index contributed by atoms with van der Waals surface area (Å²) in [4.78, 5) is 11.8. The molecule has 3 N–H and O–H groups in total. The molecule has 0 fully saturated rings. The van der Waals surface area contributed by atoms with Crippen molar-refractivity contribution < 1.29 is 23.5 Å². The summed E-state index contributed by atoms with van der Waals surface area (Å²) in [5.74, 6) is 0.222. The molecule has 0 bridgehead atoms. The van der Waals surface area contributed by atoms with Gasteiger partial charge in [0.25, 0.3) is 0 Å². The lowest BCUT2D eigenvalue weighted by molar-refractivity contribution is 0.0478. The van der Waals surface area contributed by atoms with Gasteiger partial charge in [-0.3, -0.25) is 4.52 Å². The van der Waals surface area contributed by atoms with Crippen molar-refractivity contribution in [1.29, 1.82) is 0 Å². The van der Waals surface area contributed by atoms with E-state index in [0.29, 0.717) is 17.9 Å². The van der Waals surface area contributed by atoms with Crippen molar-refractivity contribution >= 4 is 24.7 Å². The number of benzene rings is 1. The first-order valence-electron chi connectivity index (χ1n) is 9.47. The highest BCUT2D eigenvalue weighted by atomic mass is 31.2. The summed E-state index contributed by atoms with van der Waals surface area (Å²) in [7, 11) is -3.50. The molecule has 10 nitrogen and oxygen atoms in total. The third kappa shape index (κ3) is 3.98. The number of rotatable bonds is 5. The molecule has 11 heteroatoms. The van der Waals surface area contributed by atoms with E-state index in [1.54, 1.807) is 10.6 Å². The summed E-state index contributed by atoms with van der Waals surface area (Å²) >= 11 is 0. The normalized spacial score (nSPS) is 21.4. The van der Waals surface area contributed by atoms with Crippen LogP contribution in [-0.4, -0.2) is 37.6 Å². The Kier molecular flexibility index (Phi) is 5.17. The van der Waals surface area contributed by atoms with E-state index >= 15 is 0 Å². The molecule has 160 valence electrons. The van der Waals surface area contributed by atoms with E-state index in [4.69, 9.17) is 19.5 Å². The number of nitrogen functional groups attached to an aromatic ring is 1. The average Bonchev–Trinajstić information content (AvgIpc) is 3.07. The lowest BCUT2D eigenvalue weighted by atomic mass is 9.84. The summed E-state index contributed by atoms with van der Waals surface area (Å²) in [5, 5.41) is 9.80. The van der Waals surface area contributed by atoms with Crippen LogP contribution in [0.2, 0.25) is 0 Å². The molecule has 0 saturated heterocycles. The summed E-state index contributed by atoms with van der Waals surface area (Å²) < 4.78 is 32.2. The highest BCUT2D eigenvalue weighted by Gasteiger charge is 2.43. The van der Waals surface area contributed by atoms with Crippen LogP contribution in [0.15, 0.2) is 30.6 Å². The maximum atomic E-state index is 13.3. The second-order valence-corrected chi connectivity index (χ2v) is 10.0. The number of fused-ring (bicyclic) bond motifs is 2. The van der Waals surface area contributed by atoms with Crippen molar-refractivity contribution in [2.45, 2.75) is 33.4 Å². The molecule has 0 aliphatic carbocycles. The highest BCUT2D eigenvalue weighted by molar-refractivity contribution is 7.54. The van der Waals surface area contributed by atoms with Gasteiger partial charge < -0.3 is 24.7 Å². The number of para-hydroxylation sites is 1. The molecule has 2 unspecified atom stereocenters. The van der Waals surface area contributed by atoms with Gasteiger partial charge in [0, 0.05) is 12.1 Å². The largest absolute Gasteiger partial charge is 0.492 e. The van der Waals surface area contributed by atoms with Crippen molar-refractivity contribution in [3.63, 3.8) is 0 Å². The van der Waals surface area contributed by atoms with Gasteiger partial charge in [-0.25, -0.2) is 9.55 Å². The molecular formula is C19H24N5O5P. The Bertz CT molecular complexity index is 1130. The number of nitrogens with two attached hydrogens (primary N) is 1. The number of ether oxygens (including phenoxy) is 1. The van der Waals surface area contributed by atoms with Gasteiger partial charge >= 0.3 is 7.60 Å². The van der Waals surface area contributed by atoms with Gasteiger partial charge in [0.2, 0.25) is 11.8 Å². The smallest absolute Gasteiger partial charge is 0.405 e. The van der Waals surface area contributed by atoms with Crippen molar-refractivity contribution in [3.05, 3.63) is 36.2 Å². The molecule has 1 aliphatic rings. The van der Waals surface area contributed by atoms with Crippen LogP contribution in [0, 0.1) is 5.41 Å². The van der Waals surface area contributed by atoms with Gasteiger partial charge in [0.05, 0.1) is 12.9 Å². The Hall–Kier alpha value is -2.68. The Morgan fingerprint density at radius 1 is 1.30 bits per heavy atom. The number of nitrogens with zero attached hydrogens (tertiary/aromatic N) is 4. The van der Waals surface area contributed by atoms with Crippen molar-refractivity contribution in [2.75, 3.05) is 18.7 Å². The predicted molar refractivity (Wildman–Crippen MR) is 110 cm³/mol. The molecule has 0 amide bonds. The van der Waals surface area contributed by atoms with Gasteiger partial charge in [-0.1, -0.05) is 39.0 Å². The minimum absolute atomic E-state index is 0.0528. The van der Waals surface area contributed by atoms with E-state index in [0.717, 1.165) is 5.56 Å². The molecule has 30 heavy (non-hydrogen) atoms. The number of hydrogen-bond donors (Lipinski definition) is 2. The van der Waals surface area contributed by atoms with Crippen LogP contribution in [0.5, 0.6) is 11.6 Å². The lowest BCUT2D eigenvalue weighted by Gasteiger charge is -2.38. The summed E-state index contributed by atoms with van der Waals surface area (Å²) in [6, 6.07) is 7.45. The quantitative estimate of drug-likeness (QED) is 0.458. The topological polar surface area (TPSA) is 135 Å². The molecule has 1 aromatic carbocycles. The molecular weight excluding hydrogens is 409 g/mol. The van der Waals surface area contributed by atoms with Gasteiger partial charge in [-0.05, 0) is 11.5 Å². The van der Waals surface area contributed by atoms with E-state index in [2.05, 4.69) is 15.0 Å². The molecule has 4 rings (SSSR count). The van der Waals surface area contributed by atoms with Crippen LogP contribution in [0.3, 0.4) is 0 Å². The fraction of sp³-hybridized carbons (Fsp3) is 0.421. The van der Waals surface area contributed by atoms with Gasteiger partial charge in [-0.15, -0.1) is 0 Å². The van der Waals surface area contributed by atoms with Crippen molar-refractivity contribution in [2.24, 2.45) is 5.41 Å².